The van der Waals surface area contributed by atoms with E-state index in [0.29, 0.717) is 10.3 Å². The standard InChI is InChI=1S/C13H23N5O2S2/c1-5-9(4)15-11(20)16-10(19)7-21-13-18-17-12(22-13)14-6-8(2)3/h8-9H,5-7H2,1-4H3,(H,14,17)(H2,15,16,19,20)/t9-/m1/s1. The van der Waals surface area contributed by atoms with Crippen molar-refractivity contribution in [3.8, 4) is 0 Å². The lowest BCUT2D eigenvalue weighted by Gasteiger charge is -2.11. The van der Waals surface area contributed by atoms with Gasteiger partial charge in [0, 0.05) is 12.6 Å². The molecule has 1 aromatic rings. The number of anilines is 1. The fraction of sp³-hybridized carbons (Fsp3) is 0.692. The van der Waals surface area contributed by atoms with Crippen molar-refractivity contribution < 1.29 is 9.59 Å². The first-order valence-corrected chi connectivity index (χ1v) is 9.01. The first-order valence-electron chi connectivity index (χ1n) is 7.21. The molecular weight excluding hydrogens is 322 g/mol. The number of nitrogens with one attached hydrogen (secondary N) is 3. The molecule has 1 heterocycles. The Morgan fingerprint density at radius 2 is 2.00 bits per heavy atom. The van der Waals surface area contributed by atoms with Crippen LogP contribution in [-0.2, 0) is 4.79 Å². The highest BCUT2D eigenvalue weighted by Crippen LogP contribution is 2.25. The van der Waals surface area contributed by atoms with Gasteiger partial charge < -0.3 is 10.6 Å². The normalized spacial score (nSPS) is 12.0. The zero-order valence-corrected chi connectivity index (χ0v) is 14.9. The molecule has 0 unspecified atom stereocenters. The number of aromatic nitrogens is 2. The van der Waals surface area contributed by atoms with Crippen LogP contribution in [0.25, 0.3) is 0 Å². The lowest BCUT2D eigenvalue weighted by Crippen LogP contribution is -2.43. The average molecular weight is 345 g/mol. The molecule has 1 atom stereocenters. The zero-order valence-electron chi connectivity index (χ0n) is 13.3. The SMILES string of the molecule is CC[C@@H](C)NC(=O)NC(=O)CSc1nnc(NCC(C)C)s1. The summed E-state index contributed by atoms with van der Waals surface area (Å²) in [5.41, 5.74) is 0. The number of rotatable bonds is 8. The number of carbonyl (C=O) groups is 2. The summed E-state index contributed by atoms with van der Waals surface area (Å²) in [6.07, 6.45) is 0.813. The third kappa shape index (κ3) is 7.60. The summed E-state index contributed by atoms with van der Waals surface area (Å²) in [4.78, 5) is 23.2. The number of hydrogen-bond donors (Lipinski definition) is 3. The highest BCUT2D eigenvalue weighted by molar-refractivity contribution is 8.01. The molecule has 3 amide bonds. The minimum absolute atomic E-state index is 0.0400. The highest BCUT2D eigenvalue weighted by atomic mass is 32.2. The van der Waals surface area contributed by atoms with Gasteiger partial charge in [0.2, 0.25) is 11.0 Å². The highest BCUT2D eigenvalue weighted by Gasteiger charge is 2.12. The van der Waals surface area contributed by atoms with Crippen LogP contribution in [0, 0.1) is 5.92 Å². The van der Waals surface area contributed by atoms with Crippen LogP contribution in [0.3, 0.4) is 0 Å². The summed E-state index contributed by atoms with van der Waals surface area (Å²) in [6.45, 7) is 8.89. The van der Waals surface area contributed by atoms with E-state index in [2.05, 4.69) is 40.0 Å². The molecule has 0 saturated carbocycles. The monoisotopic (exact) mass is 345 g/mol. The van der Waals surface area contributed by atoms with Crippen LogP contribution in [0.5, 0.6) is 0 Å². The second-order valence-corrected chi connectivity index (χ2v) is 7.47. The summed E-state index contributed by atoms with van der Waals surface area (Å²) < 4.78 is 0.698. The van der Waals surface area contributed by atoms with Crippen molar-refractivity contribution in [2.75, 3.05) is 17.6 Å². The molecule has 0 saturated heterocycles. The third-order valence-corrected chi connectivity index (χ3v) is 4.65. The largest absolute Gasteiger partial charge is 0.360 e. The summed E-state index contributed by atoms with van der Waals surface area (Å²) in [5, 5.41) is 16.9. The molecule has 22 heavy (non-hydrogen) atoms. The second-order valence-electron chi connectivity index (χ2n) is 5.27. The molecule has 0 aliphatic heterocycles. The minimum Gasteiger partial charge on any atom is -0.360 e. The number of hydrogen-bond acceptors (Lipinski definition) is 7. The second kappa shape index (κ2) is 9.62. The van der Waals surface area contributed by atoms with Gasteiger partial charge in [-0.2, -0.15) is 0 Å². The van der Waals surface area contributed by atoms with E-state index in [1.807, 2.05) is 13.8 Å². The molecule has 1 aromatic heterocycles. The van der Waals surface area contributed by atoms with E-state index in [4.69, 9.17) is 0 Å². The molecule has 0 bridgehead atoms. The summed E-state index contributed by atoms with van der Waals surface area (Å²) in [6, 6.07) is -0.422. The van der Waals surface area contributed by atoms with Gasteiger partial charge in [-0.05, 0) is 19.3 Å². The van der Waals surface area contributed by atoms with E-state index in [-0.39, 0.29) is 17.7 Å². The number of amides is 3. The van der Waals surface area contributed by atoms with Crippen molar-refractivity contribution in [2.45, 2.75) is 44.5 Å². The Labute approximate surface area is 139 Å². The van der Waals surface area contributed by atoms with E-state index < -0.39 is 6.03 Å². The maximum atomic E-state index is 11.7. The zero-order chi connectivity index (χ0) is 16.5. The van der Waals surface area contributed by atoms with E-state index in [9.17, 15) is 9.59 Å². The van der Waals surface area contributed by atoms with E-state index in [0.717, 1.165) is 18.1 Å². The van der Waals surface area contributed by atoms with Crippen molar-refractivity contribution in [3.05, 3.63) is 0 Å². The molecular formula is C13H23N5O2S2. The fourth-order valence-corrected chi connectivity index (χ4v) is 2.84. The van der Waals surface area contributed by atoms with Gasteiger partial charge >= 0.3 is 6.03 Å². The topological polar surface area (TPSA) is 96.0 Å². The number of urea groups is 1. The Morgan fingerprint density at radius 1 is 1.27 bits per heavy atom. The fourth-order valence-electron chi connectivity index (χ4n) is 1.28. The summed E-state index contributed by atoms with van der Waals surface area (Å²) in [7, 11) is 0. The van der Waals surface area contributed by atoms with Crippen LogP contribution >= 0.6 is 23.1 Å². The number of nitrogens with zero attached hydrogens (tertiary/aromatic N) is 2. The van der Waals surface area contributed by atoms with Gasteiger partial charge in [0.25, 0.3) is 0 Å². The van der Waals surface area contributed by atoms with Crippen molar-refractivity contribution in [1.29, 1.82) is 0 Å². The van der Waals surface area contributed by atoms with Crippen LogP contribution in [0.15, 0.2) is 4.34 Å². The van der Waals surface area contributed by atoms with Crippen molar-refractivity contribution in [1.82, 2.24) is 20.8 Å². The van der Waals surface area contributed by atoms with Crippen molar-refractivity contribution in [2.24, 2.45) is 5.92 Å². The molecule has 0 spiro atoms. The van der Waals surface area contributed by atoms with Gasteiger partial charge in [0.1, 0.15) is 0 Å². The van der Waals surface area contributed by atoms with Crippen LogP contribution in [0.1, 0.15) is 34.1 Å². The lowest BCUT2D eigenvalue weighted by molar-refractivity contribution is -0.117. The van der Waals surface area contributed by atoms with Crippen LogP contribution in [-0.4, -0.2) is 40.5 Å². The van der Waals surface area contributed by atoms with E-state index in [1.165, 1.54) is 23.1 Å². The molecule has 1 rings (SSSR count). The molecule has 124 valence electrons. The molecule has 0 aromatic carbocycles. The maximum Gasteiger partial charge on any atom is 0.321 e. The van der Waals surface area contributed by atoms with Crippen LogP contribution in [0.4, 0.5) is 9.93 Å². The van der Waals surface area contributed by atoms with Crippen molar-refractivity contribution >= 4 is 40.2 Å². The maximum absolute atomic E-state index is 11.7. The Morgan fingerprint density at radius 3 is 2.64 bits per heavy atom. The summed E-state index contributed by atoms with van der Waals surface area (Å²) in [5.74, 6) is 0.305. The van der Waals surface area contributed by atoms with E-state index >= 15 is 0 Å². The van der Waals surface area contributed by atoms with E-state index in [1.54, 1.807) is 0 Å². The van der Waals surface area contributed by atoms with Gasteiger partial charge in [0.05, 0.1) is 5.75 Å². The van der Waals surface area contributed by atoms with Gasteiger partial charge in [-0.15, -0.1) is 10.2 Å². The number of imide groups is 1. The Kier molecular flexibility index (Phi) is 8.18. The lowest BCUT2D eigenvalue weighted by atomic mass is 10.2. The van der Waals surface area contributed by atoms with Crippen LogP contribution in [0.2, 0.25) is 0 Å². The van der Waals surface area contributed by atoms with Gasteiger partial charge in [0.15, 0.2) is 4.34 Å². The van der Waals surface area contributed by atoms with Gasteiger partial charge in [-0.3, -0.25) is 10.1 Å². The first-order chi connectivity index (χ1) is 10.4. The quantitative estimate of drug-likeness (QED) is 0.626. The smallest absolute Gasteiger partial charge is 0.321 e. The molecule has 7 nitrogen and oxygen atoms in total. The third-order valence-electron chi connectivity index (χ3n) is 2.64. The Hall–Kier alpha value is -1.35. The Balaban J connectivity index is 2.30. The summed E-state index contributed by atoms with van der Waals surface area (Å²) >= 11 is 2.66. The molecule has 9 heteroatoms. The molecule has 0 fully saturated rings. The molecule has 0 aliphatic rings. The first kappa shape index (κ1) is 18.7. The molecule has 3 N–H and O–H groups in total. The average Bonchev–Trinajstić information content (AvgIpc) is 2.90. The Bertz CT molecular complexity index is 493. The number of thioether (sulfide) groups is 1. The van der Waals surface area contributed by atoms with Crippen LogP contribution < -0.4 is 16.0 Å². The predicted molar refractivity (Wildman–Crippen MR) is 90.4 cm³/mol. The predicted octanol–water partition coefficient (Wildman–Crippen LogP) is 2.32. The van der Waals surface area contributed by atoms with Gasteiger partial charge in [-0.25, -0.2) is 4.79 Å². The van der Waals surface area contributed by atoms with Crippen molar-refractivity contribution in [3.63, 3.8) is 0 Å². The molecule has 0 radical (unpaired) electrons. The number of carbonyl (C=O) groups excluding carboxylic acids is 2. The minimum atomic E-state index is -0.462. The molecule has 0 aliphatic carbocycles. The van der Waals surface area contributed by atoms with Gasteiger partial charge in [-0.1, -0.05) is 43.9 Å².